The largest absolute Gasteiger partial charge is 0.320 e. The van der Waals surface area contributed by atoms with Crippen molar-refractivity contribution in [3.63, 3.8) is 0 Å². The molecule has 23 heavy (non-hydrogen) atoms. The lowest BCUT2D eigenvalue weighted by atomic mass is 10.1. The van der Waals surface area contributed by atoms with E-state index < -0.39 is 0 Å². The molecule has 6 heteroatoms. The number of hydrogen-bond acceptors (Lipinski definition) is 2. The van der Waals surface area contributed by atoms with Gasteiger partial charge in [0, 0.05) is 12.4 Å². The minimum atomic E-state index is -0.358. The van der Waals surface area contributed by atoms with Crippen molar-refractivity contribution in [2.24, 2.45) is 0 Å². The van der Waals surface area contributed by atoms with Crippen molar-refractivity contribution in [3.05, 3.63) is 76.0 Å². The van der Waals surface area contributed by atoms with E-state index in [2.05, 4.69) is 10.4 Å². The molecule has 0 radical (unpaired) electrons. The molecule has 0 unspecified atom stereocenters. The molecule has 2 aromatic carbocycles. The van der Waals surface area contributed by atoms with Crippen LogP contribution in [0, 0.1) is 6.92 Å². The van der Waals surface area contributed by atoms with Crippen LogP contribution in [0.4, 0.5) is 5.69 Å². The normalized spacial score (nSPS) is 10.6. The first-order chi connectivity index (χ1) is 11.1. The second-order valence-corrected chi connectivity index (χ2v) is 5.76. The summed E-state index contributed by atoms with van der Waals surface area (Å²) in [7, 11) is 0. The number of nitrogens with zero attached hydrogens (tertiary/aromatic N) is 2. The maximum Gasteiger partial charge on any atom is 0.258 e. The van der Waals surface area contributed by atoms with E-state index in [9.17, 15) is 4.79 Å². The summed E-state index contributed by atoms with van der Waals surface area (Å²) in [4.78, 5) is 12.6. The molecule has 1 heterocycles. The van der Waals surface area contributed by atoms with Crippen LogP contribution in [-0.2, 0) is 0 Å². The Hall–Kier alpha value is -2.30. The minimum Gasteiger partial charge on any atom is -0.320 e. The van der Waals surface area contributed by atoms with Gasteiger partial charge in [0.2, 0.25) is 0 Å². The van der Waals surface area contributed by atoms with Crippen LogP contribution in [0.15, 0.2) is 54.9 Å². The first kappa shape index (κ1) is 15.6. The second-order valence-electron chi connectivity index (χ2n) is 4.98. The number of para-hydroxylation sites is 2. The maximum absolute atomic E-state index is 12.6. The minimum absolute atomic E-state index is 0.267. The van der Waals surface area contributed by atoms with Crippen molar-refractivity contribution < 1.29 is 4.79 Å². The van der Waals surface area contributed by atoms with Gasteiger partial charge in [0.15, 0.2) is 0 Å². The van der Waals surface area contributed by atoms with E-state index in [1.807, 2.05) is 31.2 Å². The molecule has 0 saturated carbocycles. The molecule has 0 saturated heterocycles. The van der Waals surface area contributed by atoms with Gasteiger partial charge >= 0.3 is 0 Å². The maximum atomic E-state index is 12.6. The first-order valence-electron chi connectivity index (χ1n) is 6.93. The van der Waals surface area contributed by atoms with Gasteiger partial charge < -0.3 is 5.32 Å². The van der Waals surface area contributed by atoms with E-state index in [1.165, 1.54) is 0 Å². The highest BCUT2D eigenvalue weighted by Gasteiger charge is 2.18. The van der Waals surface area contributed by atoms with Gasteiger partial charge in [-0.15, -0.1) is 0 Å². The molecule has 1 N–H and O–H groups in total. The van der Waals surface area contributed by atoms with Crippen molar-refractivity contribution in [2.75, 3.05) is 5.32 Å². The Labute approximate surface area is 143 Å². The highest BCUT2D eigenvalue weighted by atomic mass is 35.5. The number of benzene rings is 2. The molecule has 0 spiro atoms. The Morgan fingerprint density at radius 2 is 1.91 bits per heavy atom. The number of anilines is 1. The molecule has 116 valence electrons. The third-order valence-electron chi connectivity index (χ3n) is 3.41. The van der Waals surface area contributed by atoms with Crippen LogP contribution >= 0.6 is 23.2 Å². The Morgan fingerprint density at radius 3 is 2.65 bits per heavy atom. The summed E-state index contributed by atoms with van der Waals surface area (Å²) < 4.78 is 1.68. The number of amides is 1. The molecule has 3 aromatic rings. The molecule has 0 atom stereocenters. The quantitative estimate of drug-likeness (QED) is 0.745. The number of aromatic nitrogens is 2. The van der Waals surface area contributed by atoms with Crippen LogP contribution in [0.3, 0.4) is 0 Å². The third-order valence-corrected chi connectivity index (χ3v) is 4.22. The summed E-state index contributed by atoms with van der Waals surface area (Å²) in [5.41, 5.74) is 2.44. The lowest BCUT2D eigenvalue weighted by molar-refractivity contribution is 0.102. The van der Waals surface area contributed by atoms with Gasteiger partial charge in [-0.05, 0) is 36.8 Å². The first-order valence-corrected chi connectivity index (χ1v) is 7.68. The Kier molecular flexibility index (Phi) is 4.37. The van der Waals surface area contributed by atoms with Crippen molar-refractivity contribution in [1.29, 1.82) is 0 Å². The van der Waals surface area contributed by atoms with Gasteiger partial charge in [0.05, 0.1) is 27.0 Å². The molecule has 0 aliphatic heterocycles. The molecular formula is C17H13Cl2N3O. The average Bonchev–Trinajstić information content (AvgIpc) is 3.06. The topological polar surface area (TPSA) is 46.9 Å². The van der Waals surface area contributed by atoms with Crippen molar-refractivity contribution >= 4 is 34.8 Å². The predicted molar refractivity (Wildman–Crippen MR) is 92.7 cm³/mol. The van der Waals surface area contributed by atoms with Gasteiger partial charge in [-0.2, -0.15) is 5.10 Å². The zero-order valence-corrected chi connectivity index (χ0v) is 13.8. The zero-order valence-electron chi connectivity index (χ0n) is 12.3. The Balaban J connectivity index is 1.98. The van der Waals surface area contributed by atoms with Crippen LogP contribution in [-0.4, -0.2) is 15.7 Å². The molecule has 4 nitrogen and oxygen atoms in total. The third kappa shape index (κ3) is 3.09. The van der Waals surface area contributed by atoms with Gasteiger partial charge in [0.25, 0.3) is 5.91 Å². The SMILES string of the molecule is Cc1ccc(Cl)c(C(=O)Nc2ccccc2-n2cccn2)c1Cl. The van der Waals surface area contributed by atoms with E-state index in [-0.39, 0.29) is 11.5 Å². The Bertz CT molecular complexity index is 860. The summed E-state index contributed by atoms with van der Waals surface area (Å²) in [6, 6.07) is 12.6. The molecule has 1 amide bonds. The predicted octanol–water partition coefficient (Wildman–Crippen LogP) is 4.74. The molecular weight excluding hydrogens is 333 g/mol. The monoisotopic (exact) mass is 345 g/mol. The fraction of sp³-hybridized carbons (Fsp3) is 0.0588. The van der Waals surface area contributed by atoms with E-state index in [0.717, 1.165) is 11.3 Å². The molecule has 0 aliphatic carbocycles. The molecule has 0 aliphatic rings. The molecule has 3 rings (SSSR count). The molecule has 0 fully saturated rings. The number of rotatable bonds is 3. The van der Waals surface area contributed by atoms with E-state index in [1.54, 1.807) is 35.3 Å². The van der Waals surface area contributed by atoms with Gasteiger partial charge in [-0.3, -0.25) is 4.79 Å². The highest BCUT2D eigenvalue weighted by Crippen LogP contribution is 2.29. The number of carbonyl (C=O) groups excluding carboxylic acids is 1. The number of nitrogens with one attached hydrogen (secondary N) is 1. The average molecular weight is 346 g/mol. The zero-order chi connectivity index (χ0) is 16.4. The van der Waals surface area contributed by atoms with Crippen LogP contribution < -0.4 is 5.32 Å². The molecule has 1 aromatic heterocycles. The fourth-order valence-electron chi connectivity index (χ4n) is 2.24. The summed E-state index contributed by atoms with van der Waals surface area (Å²) in [5, 5.41) is 7.71. The summed E-state index contributed by atoms with van der Waals surface area (Å²) in [6.07, 6.45) is 3.48. The lowest BCUT2D eigenvalue weighted by Crippen LogP contribution is -2.15. The van der Waals surface area contributed by atoms with Crippen molar-refractivity contribution in [3.8, 4) is 5.69 Å². The summed E-state index contributed by atoms with van der Waals surface area (Å²) in [5.74, 6) is -0.358. The van der Waals surface area contributed by atoms with Gasteiger partial charge in [-0.1, -0.05) is 41.4 Å². The van der Waals surface area contributed by atoms with Gasteiger partial charge in [0.1, 0.15) is 0 Å². The van der Waals surface area contributed by atoms with Crippen molar-refractivity contribution in [1.82, 2.24) is 9.78 Å². The van der Waals surface area contributed by atoms with Crippen LogP contribution in [0.25, 0.3) is 5.69 Å². The van der Waals surface area contributed by atoms with Crippen molar-refractivity contribution in [2.45, 2.75) is 6.92 Å². The van der Waals surface area contributed by atoms with E-state index in [0.29, 0.717) is 15.7 Å². The standard InChI is InChI=1S/C17H13Cl2N3O/c1-11-7-8-12(18)15(16(11)19)17(23)21-13-5-2-3-6-14(13)22-10-4-9-20-22/h2-10H,1H3,(H,21,23). The number of halogens is 2. The highest BCUT2D eigenvalue weighted by molar-refractivity contribution is 6.40. The number of aryl methyl sites for hydroxylation is 1. The second kappa shape index (κ2) is 6.44. The van der Waals surface area contributed by atoms with Crippen LogP contribution in [0.2, 0.25) is 10.0 Å². The fourth-order valence-corrected chi connectivity index (χ4v) is 2.78. The van der Waals surface area contributed by atoms with E-state index in [4.69, 9.17) is 23.2 Å². The van der Waals surface area contributed by atoms with Crippen LogP contribution in [0.5, 0.6) is 0 Å². The summed E-state index contributed by atoms with van der Waals surface area (Å²) in [6.45, 7) is 1.83. The Morgan fingerprint density at radius 1 is 1.13 bits per heavy atom. The summed E-state index contributed by atoms with van der Waals surface area (Å²) >= 11 is 12.4. The van der Waals surface area contributed by atoms with Gasteiger partial charge in [-0.25, -0.2) is 4.68 Å². The lowest BCUT2D eigenvalue weighted by Gasteiger charge is -2.13. The van der Waals surface area contributed by atoms with Crippen LogP contribution in [0.1, 0.15) is 15.9 Å². The smallest absolute Gasteiger partial charge is 0.258 e. The van der Waals surface area contributed by atoms with E-state index >= 15 is 0 Å². The molecule has 0 bridgehead atoms. The number of hydrogen-bond donors (Lipinski definition) is 1. The number of carbonyl (C=O) groups is 1.